The highest BCUT2D eigenvalue weighted by Gasteiger charge is 2.32. The van der Waals surface area contributed by atoms with Gasteiger partial charge in [0.05, 0.1) is 17.8 Å². The first-order valence-corrected chi connectivity index (χ1v) is 7.33. The number of nitrogens with zero attached hydrogens (tertiary/aromatic N) is 2. The summed E-state index contributed by atoms with van der Waals surface area (Å²) in [5.41, 5.74) is 0.904. The fourth-order valence-electron chi connectivity index (χ4n) is 2.29. The van der Waals surface area contributed by atoms with Crippen LogP contribution in [0.1, 0.15) is 19.4 Å². The molecular weight excluding hydrogens is 336 g/mol. The summed E-state index contributed by atoms with van der Waals surface area (Å²) in [5, 5.41) is 0. The maximum atomic E-state index is 5.96. The predicted octanol–water partition coefficient (Wildman–Crippen LogP) is 3.75. The quantitative estimate of drug-likeness (QED) is 0.843. The molecule has 0 N–H and O–H groups in total. The lowest BCUT2D eigenvalue weighted by Gasteiger charge is -2.18. The number of methoxy groups -OCH3 is 1. The van der Waals surface area contributed by atoms with Gasteiger partial charge in [-0.2, -0.15) is 4.98 Å². The molecule has 0 saturated heterocycles. The van der Waals surface area contributed by atoms with Crippen molar-refractivity contribution in [2.75, 3.05) is 7.11 Å². The van der Waals surface area contributed by atoms with Gasteiger partial charge in [0.1, 0.15) is 5.60 Å². The molecule has 0 aliphatic carbocycles. The molecule has 0 fully saturated rings. The van der Waals surface area contributed by atoms with E-state index < -0.39 is 0 Å². The summed E-state index contributed by atoms with van der Waals surface area (Å²) in [6, 6.07) is 6.05. The van der Waals surface area contributed by atoms with Gasteiger partial charge < -0.3 is 14.2 Å². The molecule has 1 aromatic heterocycles. The Bertz CT molecular complexity index is 689. The van der Waals surface area contributed by atoms with E-state index in [4.69, 9.17) is 14.2 Å². The molecule has 0 saturated carbocycles. The topological polar surface area (TPSA) is 53.5 Å². The summed E-state index contributed by atoms with van der Waals surface area (Å²) in [7, 11) is 1.54. The van der Waals surface area contributed by atoms with Crippen molar-refractivity contribution in [1.82, 2.24) is 9.97 Å². The van der Waals surface area contributed by atoms with Crippen LogP contribution in [-0.4, -0.2) is 22.7 Å². The number of halogens is 1. The summed E-state index contributed by atoms with van der Waals surface area (Å²) in [6.45, 7) is 4.10. The third kappa shape index (κ3) is 2.81. The second-order valence-corrected chi connectivity index (χ2v) is 6.25. The molecule has 3 rings (SSSR count). The lowest BCUT2D eigenvalue weighted by molar-refractivity contribution is 0.134. The van der Waals surface area contributed by atoms with Gasteiger partial charge in [0.25, 0.3) is 0 Å². The molecule has 110 valence electrons. The minimum Gasteiger partial charge on any atom is -0.483 e. The first-order valence-electron chi connectivity index (χ1n) is 6.54. The molecule has 5 nitrogen and oxygen atoms in total. The Labute approximate surface area is 131 Å². The van der Waals surface area contributed by atoms with Crippen molar-refractivity contribution in [3.63, 3.8) is 0 Å². The van der Waals surface area contributed by atoms with Gasteiger partial charge in [-0.05, 0) is 35.8 Å². The molecule has 6 heteroatoms. The molecule has 0 bridgehead atoms. The molecule has 0 atom stereocenters. The lowest BCUT2D eigenvalue weighted by atomic mass is 10.0. The van der Waals surface area contributed by atoms with Crippen molar-refractivity contribution >= 4 is 15.9 Å². The van der Waals surface area contributed by atoms with Crippen molar-refractivity contribution in [2.45, 2.75) is 25.9 Å². The standard InChI is InChI=1S/C15H15BrN2O3/c1-15(2)7-9-5-4-6-11(12(9)21-15)20-14-17-8-10(16)13(18-14)19-3/h4-6,8H,7H2,1-3H3. The van der Waals surface area contributed by atoms with Crippen LogP contribution in [-0.2, 0) is 6.42 Å². The first kappa shape index (κ1) is 14.1. The van der Waals surface area contributed by atoms with Crippen LogP contribution in [0.5, 0.6) is 23.4 Å². The minimum atomic E-state index is -0.222. The van der Waals surface area contributed by atoms with Gasteiger partial charge >= 0.3 is 6.01 Å². The van der Waals surface area contributed by atoms with Crippen molar-refractivity contribution in [1.29, 1.82) is 0 Å². The lowest BCUT2D eigenvalue weighted by Crippen LogP contribution is -2.24. The van der Waals surface area contributed by atoms with E-state index in [2.05, 4.69) is 39.7 Å². The van der Waals surface area contributed by atoms with Crippen LogP contribution in [0.3, 0.4) is 0 Å². The summed E-state index contributed by atoms with van der Waals surface area (Å²) >= 11 is 3.31. The normalized spacial score (nSPS) is 15.2. The molecule has 0 unspecified atom stereocenters. The summed E-state index contributed by atoms with van der Waals surface area (Å²) in [6.07, 6.45) is 2.44. The Morgan fingerprint density at radius 1 is 1.33 bits per heavy atom. The number of ether oxygens (including phenoxy) is 3. The smallest absolute Gasteiger partial charge is 0.325 e. The summed E-state index contributed by atoms with van der Waals surface area (Å²) in [4.78, 5) is 8.32. The summed E-state index contributed by atoms with van der Waals surface area (Å²) < 4.78 is 17.5. The third-order valence-electron chi connectivity index (χ3n) is 3.14. The van der Waals surface area contributed by atoms with Crippen molar-refractivity contribution in [3.05, 3.63) is 34.4 Å². The monoisotopic (exact) mass is 350 g/mol. The average molecular weight is 351 g/mol. The van der Waals surface area contributed by atoms with Crippen LogP contribution in [0.15, 0.2) is 28.9 Å². The van der Waals surface area contributed by atoms with Crippen LogP contribution in [0.25, 0.3) is 0 Å². The van der Waals surface area contributed by atoms with Gasteiger partial charge in [-0.3, -0.25) is 0 Å². The van der Waals surface area contributed by atoms with Gasteiger partial charge in [0.2, 0.25) is 5.88 Å². The van der Waals surface area contributed by atoms with Crippen LogP contribution in [0, 0.1) is 0 Å². The second kappa shape index (κ2) is 5.18. The molecule has 0 radical (unpaired) electrons. The zero-order valence-electron chi connectivity index (χ0n) is 12.0. The molecule has 2 aromatic rings. The van der Waals surface area contributed by atoms with E-state index in [0.717, 1.165) is 17.7 Å². The minimum absolute atomic E-state index is 0.219. The number of para-hydroxylation sites is 1. The fourth-order valence-corrected chi connectivity index (χ4v) is 2.65. The van der Waals surface area contributed by atoms with E-state index in [1.54, 1.807) is 13.3 Å². The number of hydrogen-bond acceptors (Lipinski definition) is 5. The molecule has 0 amide bonds. The SMILES string of the molecule is COc1nc(Oc2cccc3c2OC(C)(C)C3)ncc1Br. The Balaban J connectivity index is 1.92. The van der Waals surface area contributed by atoms with Crippen LogP contribution in [0.2, 0.25) is 0 Å². The van der Waals surface area contributed by atoms with Crippen molar-refractivity contribution in [3.8, 4) is 23.4 Å². The Kier molecular flexibility index (Phi) is 3.49. The number of aromatic nitrogens is 2. The van der Waals surface area contributed by atoms with E-state index in [1.807, 2.05) is 18.2 Å². The van der Waals surface area contributed by atoms with Gasteiger partial charge in [-0.1, -0.05) is 12.1 Å². The van der Waals surface area contributed by atoms with E-state index in [1.165, 1.54) is 0 Å². The van der Waals surface area contributed by atoms with E-state index >= 15 is 0 Å². The van der Waals surface area contributed by atoms with Gasteiger partial charge in [-0.15, -0.1) is 0 Å². The highest BCUT2D eigenvalue weighted by Crippen LogP contribution is 2.43. The van der Waals surface area contributed by atoms with Crippen molar-refractivity contribution in [2.24, 2.45) is 0 Å². The zero-order chi connectivity index (χ0) is 15.0. The van der Waals surface area contributed by atoms with E-state index in [0.29, 0.717) is 16.1 Å². The Morgan fingerprint density at radius 2 is 2.14 bits per heavy atom. The van der Waals surface area contributed by atoms with Crippen LogP contribution < -0.4 is 14.2 Å². The average Bonchev–Trinajstić information content (AvgIpc) is 2.76. The molecule has 0 spiro atoms. The largest absolute Gasteiger partial charge is 0.483 e. The molecule has 1 aromatic carbocycles. The van der Waals surface area contributed by atoms with E-state index in [-0.39, 0.29) is 11.6 Å². The molecule has 21 heavy (non-hydrogen) atoms. The van der Waals surface area contributed by atoms with Crippen LogP contribution >= 0.6 is 15.9 Å². The first-order chi connectivity index (χ1) is 9.98. The molecule has 1 aliphatic rings. The highest BCUT2D eigenvalue weighted by atomic mass is 79.9. The van der Waals surface area contributed by atoms with E-state index in [9.17, 15) is 0 Å². The molecular formula is C15H15BrN2O3. The maximum absolute atomic E-state index is 5.96. The van der Waals surface area contributed by atoms with Gasteiger partial charge in [-0.25, -0.2) is 4.98 Å². The number of hydrogen-bond donors (Lipinski definition) is 0. The Morgan fingerprint density at radius 3 is 2.90 bits per heavy atom. The Hall–Kier alpha value is -1.82. The fraction of sp³-hybridized carbons (Fsp3) is 0.333. The van der Waals surface area contributed by atoms with Gasteiger partial charge in [0.15, 0.2) is 11.5 Å². The number of benzene rings is 1. The zero-order valence-corrected chi connectivity index (χ0v) is 13.6. The number of rotatable bonds is 3. The number of fused-ring (bicyclic) bond motifs is 1. The summed E-state index contributed by atoms with van der Waals surface area (Å²) in [5.74, 6) is 1.80. The van der Waals surface area contributed by atoms with Crippen molar-refractivity contribution < 1.29 is 14.2 Å². The molecule has 2 heterocycles. The van der Waals surface area contributed by atoms with Gasteiger partial charge in [0, 0.05) is 12.0 Å². The highest BCUT2D eigenvalue weighted by molar-refractivity contribution is 9.10. The second-order valence-electron chi connectivity index (χ2n) is 5.39. The molecule has 1 aliphatic heterocycles. The predicted molar refractivity (Wildman–Crippen MR) is 81.2 cm³/mol. The van der Waals surface area contributed by atoms with Crippen LogP contribution in [0.4, 0.5) is 0 Å². The maximum Gasteiger partial charge on any atom is 0.325 e. The third-order valence-corrected chi connectivity index (χ3v) is 3.68.